The lowest BCUT2D eigenvalue weighted by atomic mass is 10.0. The first kappa shape index (κ1) is 60.6. The number of ether oxygens (including phenoxy) is 1. The largest absolute Gasteiger partial charge is 0.466 e. The number of esters is 1. The van der Waals surface area contributed by atoms with Crippen molar-refractivity contribution in [3.05, 3.63) is 12.2 Å². The third-order valence-corrected chi connectivity index (χ3v) is 13.1. The Kier molecular flexibility index (Phi) is 51.0. The Morgan fingerprint density at radius 1 is 0.435 bits per heavy atom. The van der Waals surface area contributed by atoms with Gasteiger partial charge in [-0.05, 0) is 51.4 Å². The lowest BCUT2D eigenvalue weighted by Crippen LogP contribution is -2.45. The molecule has 0 fully saturated rings. The molecule has 0 rings (SSSR count). The van der Waals surface area contributed by atoms with Crippen LogP contribution in [0.4, 0.5) is 0 Å². The Hall–Kier alpha value is -1.40. The van der Waals surface area contributed by atoms with Gasteiger partial charge in [-0.1, -0.05) is 257 Å². The van der Waals surface area contributed by atoms with Crippen molar-refractivity contribution in [2.45, 2.75) is 321 Å². The number of aliphatic hydroxyl groups is 2. The molecule has 0 heterocycles. The maximum Gasteiger partial charge on any atom is 0.305 e. The molecule has 368 valence electrons. The number of rotatable bonds is 52. The summed E-state index contributed by atoms with van der Waals surface area (Å²) in [6, 6.07) is -0.551. The van der Waals surface area contributed by atoms with E-state index in [4.69, 9.17) is 4.74 Å². The highest BCUT2D eigenvalue weighted by molar-refractivity contribution is 5.76. The molecule has 1 amide bonds. The standard InChI is InChI=1S/C56H109NO5/c1-3-5-7-9-11-13-15-16-17-18-19-23-26-30-34-38-42-46-50-56(61)62-51-47-43-39-35-31-27-24-21-20-22-25-29-33-37-41-45-49-55(60)57-53(52-58)54(59)48-44-40-36-32-28-14-12-10-8-6-4-2/h20,22,53-54,58-59H,3-19,21,23-52H2,1-2H3,(H,57,60)/b22-20-. The second-order valence-electron chi connectivity index (χ2n) is 19.3. The summed E-state index contributed by atoms with van der Waals surface area (Å²) in [5, 5.41) is 23.1. The molecule has 0 spiro atoms. The van der Waals surface area contributed by atoms with Crippen LogP contribution in [0.3, 0.4) is 0 Å². The number of carbonyl (C=O) groups is 2. The van der Waals surface area contributed by atoms with Crippen LogP contribution < -0.4 is 5.32 Å². The van der Waals surface area contributed by atoms with E-state index in [2.05, 4.69) is 31.3 Å². The van der Waals surface area contributed by atoms with Crippen LogP contribution in [0.1, 0.15) is 309 Å². The molecule has 0 aliphatic rings. The van der Waals surface area contributed by atoms with Gasteiger partial charge in [-0.15, -0.1) is 0 Å². The second kappa shape index (κ2) is 52.2. The van der Waals surface area contributed by atoms with Gasteiger partial charge in [0.15, 0.2) is 0 Å². The van der Waals surface area contributed by atoms with E-state index in [-0.39, 0.29) is 18.5 Å². The van der Waals surface area contributed by atoms with Crippen LogP contribution in [0.5, 0.6) is 0 Å². The molecule has 2 unspecified atom stereocenters. The Morgan fingerprint density at radius 3 is 1.15 bits per heavy atom. The van der Waals surface area contributed by atoms with Gasteiger partial charge in [0.05, 0.1) is 25.4 Å². The van der Waals surface area contributed by atoms with Gasteiger partial charge in [0.25, 0.3) is 0 Å². The van der Waals surface area contributed by atoms with Gasteiger partial charge in [0.1, 0.15) is 0 Å². The fourth-order valence-electron chi connectivity index (χ4n) is 8.75. The Bertz CT molecular complexity index is 924. The van der Waals surface area contributed by atoms with Crippen LogP contribution in [0, 0.1) is 0 Å². The Morgan fingerprint density at radius 2 is 0.758 bits per heavy atom. The number of carbonyl (C=O) groups excluding carboxylic acids is 2. The molecule has 3 N–H and O–H groups in total. The van der Waals surface area contributed by atoms with Crippen LogP contribution >= 0.6 is 0 Å². The Balaban J connectivity index is 3.41. The average molecular weight is 876 g/mol. The van der Waals surface area contributed by atoms with Crippen molar-refractivity contribution in [2.24, 2.45) is 0 Å². The summed E-state index contributed by atoms with van der Waals surface area (Å²) in [6.45, 7) is 4.93. The van der Waals surface area contributed by atoms with E-state index in [0.29, 0.717) is 25.9 Å². The lowest BCUT2D eigenvalue weighted by Gasteiger charge is -2.22. The summed E-state index contributed by atoms with van der Waals surface area (Å²) in [5.74, 6) is -0.0504. The normalized spacial score (nSPS) is 12.6. The highest BCUT2D eigenvalue weighted by Gasteiger charge is 2.20. The predicted molar refractivity (Wildman–Crippen MR) is 269 cm³/mol. The first-order chi connectivity index (χ1) is 30.5. The van der Waals surface area contributed by atoms with Crippen molar-refractivity contribution >= 4 is 11.9 Å². The third kappa shape index (κ3) is 48.1. The van der Waals surface area contributed by atoms with E-state index in [1.165, 1.54) is 212 Å². The average Bonchev–Trinajstić information content (AvgIpc) is 3.27. The van der Waals surface area contributed by atoms with Gasteiger partial charge in [0.2, 0.25) is 5.91 Å². The van der Waals surface area contributed by atoms with E-state index in [9.17, 15) is 19.8 Å². The molecule has 0 bridgehead atoms. The van der Waals surface area contributed by atoms with Gasteiger partial charge in [-0.25, -0.2) is 0 Å². The zero-order valence-electron chi connectivity index (χ0n) is 41.9. The van der Waals surface area contributed by atoms with Crippen molar-refractivity contribution in [3.63, 3.8) is 0 Å². The molecule has 6 heteroatoms. The molecule has 0 saturated heterocycles. The number of aliphatic hydroxyl groups excluding tert-OH is 2. The van der Waals surface area contributed by atoms with Crippen LogP contribution in [0.15, 0.2) is 12.2 Å². The third-order valence-electron chi connectivity index (χ3n) is 13.1. The van der Waals surface area contributed by atoms with Crippen molar-refractivity contribution < 1.29 is 24.5 Å². The monoisotopic (exact) mass is 876 g/mol. The minimum absolute atomic E-state index is 0.00175. The molecular formula is C56H109NO5. The molecule has 0 aromatic carbocycles. The van der Waals surface area contributed by atoms with Crippen LogP contribution in [-0.2, 0) is 14.3 Å². The number of hydrogen-bond acceptors (Lipinski definition) is 5. The summed E-state index contributed by atoms with van der Waals surface area (Å²) in [4.78, 5) is 24.5. The van der Waals surface area contributed by atoms with Crippen molar-refractivity contribution in [2.75, 3.05) is 13.2 Å². The number of amides is 1. The predicted octanol–water partition coefficient (Wildman–Crippen LogP) is 16.9. The molecule has 2 atom stereocenters. The van der Waals surface area contributed by atoms with Gasteiger partial charge < -0.3 is 20.3 Å². The zero-order chi connectivity index (χ0) is 45.1. The molecule has 6 nitrogen and oxygen atoms in total. The smallest absolute Gasteiger partial charge is 0.305 e. The highest BCUT2D eigenvalue weighted by Crippen LogP contribution is 2.17. The van der Waals surface area contributed by atoms with E-state index in [1.807, 2.05) is 0 Å². The summed E-state index contributed by atoms with van der Waals surface area (Å²) in [7, 11) is 0. The summed E-state index contributed by atoms with van der Waals surface area (Å²) in [5.41, 5.74) is 0. The number of unbranched alkanes of at least 4 members (excludes halogenated alkanes) is 39. The van der Waals surface area contributed by atoms with Gasteiger partial charge >= 0.3 is 5.97 Å². The molecule has 0 saturated carbocycles. The lowest BCUT2D eigenvalue weighted by molar-refractivity contribution is -0.143. The minimum Gasteiger partial charge on any atom is -0.466 e. The zero-order valence-corrected chi connectivity index (χ0v) is 41.9. The van der Waals surface area contributed by atoms with Crippen molar-refractivity contribution in [1.29, 1.82) is 0 Å². The molecule has 0 radical (unpaired) electrons. The van der Waals surface area contributed by atoms with E-state index in [0.717, 1.165) is 64.2 Å². The number of nitrogens with one attached hydrogen (secondary N) is 1. The maximum absolute atomic E-state index is 12.4. The molecule has 0 aliphatic heterocycles. The summed E-state index contributed by atoms with van der Waals surface area (Å²) < 4.78 is 5.48. The van der Waals surface area contributed by atoms with E-state index >= 15 is 0 Å². The first-order valence-corrected chi connectivity index (χ1v) is 27.9. The fraction of sp³-hybridized carbons (Fsp3) is 0.929. The van der Waals surface area contributed by atoms with Gasteiger partial charge in [0, 0.05) is 12.8 Å². The van der Waals surface area contributed by atoms with Gasteiger partial charge in [-0.2, -0.15) is 0 Å². The highest BCUT2D eigenvalue weighted by atomic mass is 16.5. The van der Waals surface area contributed by atoms with E-state index in [1.54, 1.807) is 0 Å². The summed E-state index contributed by atoms with van der Waals surface area (Å²) in [6.07, 6.45) is 60.6. The molecular weight excluding hydrogens is 767 g/mol. The second-order valence-corrected chi connectivity index (χ2v) is 19.3. The molecule has 62 heavy (non-hydrogen) atoms. The Labute approximate surface area is 387 Å². The van der Waals surface area contributed by atoms with Crippen LogP contribution in [-0.4, -0.2) is 47.4 Å². The van der Waals surface area contributed by atoms with Crippen molar-refractivity contribution in [3.8, 4) is 0 Å². The van der Waals surface area contributed by atoms with E-state index < -0.39 is 12.1 Å². The quantitative estimate of drug-likeness (QED) is 0.0321. The fourth-order valence-corrected chi connectivity index (χ4v) is 8.75. The first-order valence-electron chi connectivity index (χ1n) is 27.9. The number of allylic oxidation sites excluding steroid dienone is 2. The van der Waals surface area contributed by atoms with Crippen LogP contribution in [0.25, 0.3) is 0 Å². The van der Waals surface area contributed by atoms with Crippen molar-refractivity contribution in [1.82, 2.24) is 5.32 Å². The minimum atomic E-state index is -0.672. The van der Waals surface area contributed by atoms with Gasteiger partial charge in [-0.3, -0.25) is 9.59 Å². The molecule has 0 aromatic rings. The van der Waals surface area contributed by atoms with Crippen LogP contribution in [0.2, 0.25) is 0 Å². The maximum atomic E-state index is 12.4. The number of hydrogen-bond donors (Lipinski definition) is 3. The molecule has 0 aliphatic carbocycles. The topological polar surface area (TPSA) is 95.9 Å². The molecule has 0 aromatic heterocycles. The summed E-state index contributed by atoms with van der Waals surface area (Å²) >= 11 is 0. The SMILES string of the molecule is CCCCCCCCCCCCCCCCCCCCC(=O)OCCCCCCCCC/C=C\CCCCCCCC(=O)NC(CO)C(O)CCCCCCCCCCCCC.